The van der Waals surface area contributed by atoms with E-state index >= 15 is 0 Å². The molecule has 0 atom stereocenters. The lowest BCUT2D eigenvalue weighted by molar-refractivity contribution is -0.122. The topological polar surface area (TPSA) is 67.2 Å². The van der Waals surface area contributed by atoms with Crippen LogP contribution >= 0.6 is 0 Å². The van der Waals surface area contributed by atoms with Gasteiger partial charge in [-0.1, -0.05) is 31.4 Å². The van der Waals surface area contributed by atoms with Crippen molar-refractivity contribution in [3.05, 3.63) is 40.9 Å². The van der Waals surface area contributed by atoms with Gasteiger partial charge < -0.3 is 10.2 Å². The molecule has 0 unspecified atom stereocenters. The number of benzene rings is 1. The highest BCUT2D eigenvalue weighted by molar-refractivity contribution is 5.78. The van der Waals surface area contributed by atoms with Crippen LogP contribution in [0.2, 0.25) is 0 Å². The van der Waals surface area contributed by atoms with Gasteiger partial charge in [0, 0.05) is 12.1 Å². The minimum absolute atomic E-state index is 0.000175. The molecule has 1 saturated carbocycles. The Kier molecular flexibility index (Phi) is 5.18. The molecule has 134 valence electrons. The molecule has 1 N–H and O–H groups in total. The number of fused-ring (bicyclic) bond motifs is 1. The number of carbonyl (C=O) groups is 1. The first-order valence-corrected chi connectivity index (χ1v) is 8.90. The minimum atomic E-state index is -0.180. The van der Waals surface area contributed by atoms with Gasteiger partial charge in [-0.15, -0.1) is 0 Å². The van der Waals surface area contributed by atoms with Crippen molar-refractivity contribution in [1.29, 1.82) is 0 Å². The van der Waals surface area contributed by atoms with E-state index < -0.39 is 0 Å². The summed E-state index contributed by atoms with van der Waals surface area (Å²) in [5.74, 6) is -0.147. The molecule has 1 amide bonds. The standard InChI is InChI=1S/C19H26N4O2/c1-22(2)19(10-6-3-7-11-19)13-20-17(24)12-23-14-21-16-9-5-4-8-15(16)18(23)25/h4-5,8-9,14H,3,6-7,10-13H2,1-2H3,(H,20,24). The largest absolute Gasteiger partial charge is 0.353 e. The van der Waals surface area contributed by atoms with Gasteiger partial charge in [-0.2, -0.15) is 0 Å². The average molecular weight is 342 g/mol. The van der Waals surface area contributed by atoms with E-state index in [9.17, 15) is 9.59 Å². The van der Waals surface area contributed by atoms with E-state index in [4.69, 9.17) is 0 Å². The molecule has 0 saturated heterocycles. The van der Waals surface area contributed by atoms with Gasteiger partial charge >= 0.3 is 0 Å². The van der Waals surface area contributed by atoms with Crippen LogP contribution in [0.1, 0.15) is 32.1 Å². The zero-order chi connectivity index (χ0) is 17.9. The van der Waals surface area contributed by atoms with E-state index in [1.165, 1.54) is 30.2 Å². The monoisotopic (exact) mass is 342 g/mol. The second-order valence-corrected chi connectivity index (χ2v) is 7.15. The molecule has 6 nitrogen and oxygen atoms in total. The highest BCUT2D eigenvalue weighted by Crippen LogP contribution is 2.31. The van der Waals surface area contributed by atoms with Crippen LogP contribution in [0.3, 0.4) is 0 Å². The van der Waals surface area contributed by atoms with Gasteiger partial charge in [0.15, 0.2) is 0 Å². The van der Waals surface area contributed by atoms with Crippen LogP contribution in [-0.2, 0) is 11.3 Å². The molecule has 1 heterocycles. The molecule has 1 aromatic heterocycles. The number of hydrogen-bond donors (Lipinski definition) is 1. The fourth-order valence-electron chi connectivity index (χ4n) is 3.68. The molecule has 1 fully saturated rings. The van der Waals surface area contributed by atoms with E-state index in [0.717, 1.165) is 12.8 Å². The van der Waals surface area contributed by atoms with Crippen LogP contribution in [0.4, 0.5) is 0 Å². The Hall–Kier alpha value is -2.21. The summed E-state index contributed by atoms with van der Waals surface area (Å²) < 4.78 is 1.38. The fourth-order valence-corrected chi connectivity index (χ4v) is 3.68. The average Bonchev–Trinajstić information content (AvgIpc) is 2.63. The molecule has 0 bridgehead atoms. The van der Waals surface area contributed by atoms with Crippen LogP contribution in [0, 0.1) is 0 Å². The van der Waals surface area contributed by atoms with E-state index in [2.05, 4.69) is 29.3 Å². The van der Waals surface area contributed by atoms with E-state index in [0.29, 0.717) is 17.4 Å². The Morgan fingerprint density at radius 3 is 2.68 bits per heavy atom. The number of likely N-dealkylation sites (N-methyl/N-ethyl adjacent to an activating group) is 1. The first-order valence-electron chi connectivity index (χ1n) is 8.90. The van der Waals surface area contributed by atoms with Crippen molar-refractivity contribution in [2.45, 2.75) is 44.2 Å². The van der Waals surface area contributed by atoms with Crippen molar-refractivity contribution in [2.24, 2.45) is 0 Å². The molecule has 0 radical (unpaired) electrons. The molecular formula is C19H26N4O2. The summed E-state index contributed by atoms with van der Waals surface area (Å²) in [6.45, 7) is 0.620. The Bertz CT molecular complexity index is 806. The number of aromatic nitrogens is 2. The molecule has 0 spiro atoms. The number of nitrogens with zero attached hydrogens (tertiary/aromatic N) is 3. The van der Waals surface area contributed by atoms with Crippen molar-refractivity contribution >= 4 is 16.8 Å². The molecule has 1 aliphatic rings. The zero-order valence-corrected chi connectivity index (χ0v) is 15.0. The number of para-hydroxylation sites is 1. The minimum Gasteiger partial charge on any atom is -0.353 e. The molecule has 0 aliphatic heterocycles. The van der Waals surface area contributed by atoms with Gasteiger partial charge in [-0.3, -0.25) is 14.2 Å². The van der Waals surface area contributed by atoms with Gasteiger partial charge in [-0.05, 0) is 39.1 Å². The molecule has 1 aromatic carbocycles. The third kappa shape index (κ3) is 3.74. The number of rotatable bonds is 5. The smallest absolute Gasteiger partial charge is 0.261 e. The lowest BCUT2D eigenvalue weighted by Gasteiger charge is -2.43. The Morgan fingerprint density at radius 2 is 1.96 bits per heavy atom. The number of amides is 1. The van der Waals surface area contributed by atoms with Crippen LogP contribution in [-0.4, -0.2) is 46.5 Å². The molecule has 2 aromatic rings. The molecule has 3 rings (SSSR count). The van der Waals surface area contributed by atoms with Crippen molar-refractivity contribution in [3.63, 3.8) is 0 Å². The predicted molar refractivity (Wildman–Crippen MR) is 98.5 cm³/mol. The quantitative estimate of drug-likeness (QED) is 0.899. The summed E-state index contributed by atoms with van der Waals surface area (Å²) in [4.78, 5) is 31.4. The highest BCUT2D eigenvalue weighted by atomic mass is 16.2. The number of nitrogens with one attached hydrogen (secondary N) is 1. The first-order chi connectivity index (χ1) is 12.0. The SMILES string of the molecule is CN(C)C1(CNC(=O)Cn2cnc3ccccc3c2=O)CCCCC1. The van der Waals surface area contributed by atoms with Crippen LogP contribution in [0.5, 0.6) is 0 Å². The maximum absolute atomic E-state index is 12.5. The van der Waals surface area contributed by atoms with E-state index in [1.54, 1.807) is 18.2 Å². The predicted octanol–water partition coefficient (Wildman–Crippen LogP) is 1.78. The summed E-state index contributed by atoms with van der Waals surface area (Å²) >= 11 is 0. The third-order valence-electron chi connectivity index (χ3n) is 5.39. The summed E-state index contributed by atoms with van der Waals surface area (Å²) in [5, 5.41) is 3.57. The number of hydrogen-bond acceptors (Lipinski definition) is 4. The molecular weight excluding hydrogens is 316 g/mol. The molecule has 1 aliphatic carbocycles. The van der Waals surface area contributed by atoms with E-state index in [-0.39, 0.29) is 23.6 Å². The second kappa shape index (κ2) is 7.35. The van der Waals surface area contributed by atoms with Gasteiger partial charge in [-0.25, -0.2) is 4.98 Å². The second-order valence-electron chi connectivity index (χ2n) is 7.15. The lowest BCUT2D eigenvalue weighted by Crippen LogP contribution is -2.54. The Balaban J connectivity index is 1.68. The molecule has 6 heteroatoms. The van der Waals surface area contributed by atoms with Crippen molar-refractivity contribution in [1.82, 2.24) is 19.8 Å². The summed E-state index contributed by atoms with van der Waals surface area (Å²) in [6, 6.07) is 7.18. The first kappa shape index (κ1) is 17.6. The van der Waals surface area contributed by atoms with E-state index in [1.807, 2.05) is 6.07 Å². The van der Waals surface area contributed by atoms with Crippen LogP contribution in [0.25, 0.3) is 10.9 Å². The van der Waals surface area contributed by atoms with Gasteiger partial charge in [0.1, 0.15) is 6.54 Å². The lowest BCUT2D eigenvalue weighted by atomic mass is 9.80. The van der Waals surface area contributed by atoms with Crippen molar-refractivity contribution in [2.75, 3.05) is 20.6 Å². The maximum Gasteiger partial charge on any atom is 0.261 e. The van der Waals surface area contributed by atoms with Crippen molar-refractivity contribution < 1.29 is 4.79 Å². The Morgan fingerprint density at radius 1 is 1.24 bits per heavy atom. The van der Waals surface area contributed by atoms with Crippen LogP contribution < -0.4 is 10.9 Å². The van der Waals surface area contributed by atoms with Gasteiger partial charge in [0.05, 0.1) is 17.2 Å². The summed E-state index contributed by atoms with van der Waals surface area (Å²) in [7, 11) is 4.16. The van der Waals surface area contributed by atoms with Crippen molar-refractivity contribution in [3.8, 4) is 0 Å². The fraction of sp³-hybridized carbons (Fsp3) is 0.526. The normalized spacial score (nSPS) is 16.9. The summed E-state index contributed by atoms with van der Waals surface area (Å²) in [5.41, 5.74) is 0.499. The third-order valence-corrected chi connectivity index (χ3v) is 5.39. The van der Waals surface area contributed by atoms with Gasteiger partial charge in [0.25, 0.3) is 5.56 Å². The van der Waals surface area contributed by atoms with Gasteiger partial charge in [0.2, 0.25) is 5.91 Å². The number of carbonyl (C=O) groups excluding carboxylic acids is 1. The highest BCUT2D eigenvalue weighted by Gasteiger charge is 2.34. The van der Waals surface area contributed by atoms with Crippen LogP contribution in [0.15, 0.2) is 35.4 Å². The Labute approximate surface area is 147 Å². The zero-order valence-electron chi connectivity index (χ0n) is 15.0. The maximum atomic E-state index is 12.5. The summed E-state index contributed by atoms with van der Waals surface area (Å²) in [6.07, 6.45) is 7.30. The molecule has 25 heavy (non-hydrogen) atoms.